The summed E-state index contributed by atoms with van der Waals surface area (Å²) in [5, 5.41) is 19.2. The molecule has 1 N–H and O–H groups in total. The summed E-state index contributed by atoms with van der Waals surface area (Å²) in [6, 6.07) is 33.2. The van der Waals surface area contributed by atoms with Gasteiger partial charge in [-0.15, -0.1) is 15.3 Å². The molecule has 4 aromatic carbocycles. The minimum atomic E-state index is 0.651. The van der Waals surface area contributed by atoms with Crippen LogP contribution in [0.3, 0.4) is 0 Å². The zero-order valence-electron chi connectivity index (χ0n) is 18.9. The second kappa shape index (κ2) is 8.79. The molecule has 0 aliphatic rings. The summed E-state index contributed by atoms with van der Waals surface area (Å²) >= 11 is 0. The molecule has 0 bridgehead atoms. The van der Waals surface area contributed by atoms with E-state index in [1.165, 1.54) is 0 Å². The first-order valence-electron chi connectivity index (χ1n) is 11.2. The zero-order chi connectivity index (χ0) is 23.6. The van der Waals surface area contributed by atoms with E-state index in [2.05, 4.69) is 15.5 Å². The molecule has 7 heteroatoms. The summed E-state index contributed by atoms with van der Waals surface area (Å²) in [4.78, 5) is 0. The predicted octanol–water partition coefficient (Wildman–Crippen LogP) is 6.49. The molecule has 0 aliphatic carbocycles. The number of rotatable bonds is 6. The molecule has 6 rings (SSSR count). The molecule has 0 saturated heterocycles. The van der Waals surface area contributed by atoms with Crippen LogP contribution in [0.2, 0.25) is 0 Å². The Morgan fingerprint density at radius 2 is 1.43 bits per heavy atom. The Kier molecular flexibility index (Phi) is 5.20. The first kappa shape index (κ1) is 20.7. The van der Waals surface area contributed by atoms with Crippen molar-refractivity contribution in [1.29, 1.82) is 0 Å². The smallest absolute Gasteiger partial charge is 0.186 e. The molecular formula is C28H21N5O2. The van der Waals surface area contributed by atoms with E-state index < -0.39 is 0 Å². The van der Waals surface area contributed by atoms with Crippen LogP contribution in [0.4, 0.5) is 11.5 Å². The van der Waals surface area contributed by atoms with Crippen LogP contribution in [0.5, 0.6) is 17.2 Å². The molecule has 0 fully saturated rings. The number of anilines is 2. The van der Waals surface area contributed by atoms with Gasteiger partial charge in [0.05, 0.1) is 7.11 Å². The van der Waals surface area contributed by atoms with Crippen molar-refractivity contribution in [1.82, 2.24) is 19.8 Å². The lowest BCUT2D eigenvalue weighted by atomic mass is 10.1. The first-order chi connectivity index (χ1) is 17.3. The maximum atomic E-state index is 6.00. The molecule has 35 heavy (non-hydrogen) atoms. The van der Waals surface area contributed by atoms with Crippen LogP contribution in [0, 0.1) is 0 Å². The topological polar surface area (TPSA) is 73.6 Å². The molecule has 0 unspecified atom stereocenters. The van der Waals surface area contributed by atoms with Crippen LogP contribution in [0.1, 0.15) is 0 Å². The fourth-order valence-corrected chi connectivity index (χ4v) is 3.99. The summed E-state index contributed by atoms with van der Waals surface area (Å²) in [6.07, 6.45) is 0. The van der Waals surface area contributed by atoms with E-state index in [9.17, 15) is 0 Å². The van der Waals surface area contributed by atoms with Gasteiger partial charge in [-0.25, -0.2) is 0 Å². The standard InChI is InChI=1S/C28H21N5O2/c1-34-21-16-14-19(15-17-21)27-30-31-28-25-13-6-5-12-24(25)26(32-33(27)28)29-20-8-7-11-23(18-20)35-22-9-3-2-4-10-22/h2-18H,1H3,(H,29,32). The number of aromatic nitrogens is 4. The third-order valence-corrected chi connectivity index (χ3v) is 5.69. The van der Waals surface area contributed by atoms with Crippen molar-refractivity contribution in [3.8, 4) is 28.6 Å². The highest BCUT2D eigenvalue weighted by atomic mass is 16.5. The number of hydrogen-bond acceptors (Lipinski definition) is 6. The summed E-state index contributed by atoms with van der Waals surface area (Å²) in [5.41, 5.74) is 2.44. The van der Waals surface area contributed by atoms with Crippen LogP contribution in [-0.4, -0.2) is 26.9 Å². The third kappa shape index (κ3) is 4.00. The summed E-state index contributed by atoms with van der Waals surface area (Å²) in [7, 11) is 1.65. The van der Waals surface area contributed by atoms with Crippen molar-refractivity contribution in [3.63, 3.8) is 0 Å². The lowest BCUT2D eigenvalue weighted by Crippen LogP contribution is -2.02. The van der Waals surface area contributed by atoms with Gasteiger partial charge in [-0.3, -0.25) is 0 Å². The molecule has 0 spiro atoms. The summed E-state index contributed by atoms with van der Waals surface area (Å²) in [5.74, 6) is 3.64. The zero-order valence-corrected chi connectivity index (χ0v) is 18.9. The molecule has 2 heterocycles. The Morgan fingerprint density at radius 3 is 2.23 bits per heavy atom. The van der Waals surface area contributed by atoms with E-state index in [-0.39, 0.29) is 0 Å². The number of hydrogen-bond donors (Lipinski definition) is 1. The van der Waals surface area contributed by atoms with Gasteiger partial charge in [-0.2, -0.15) is 4.52 Å². The van der Waals surface area contributed by atoms with Gasteiger partial charge in [0.15, 0.2) is 17.3 Å². The van der Waals surface area contributed by atoms with Gasteiger partial charge in [-0.05, 0) is 48.5 Å². The molecule has 0 atom stereocenters. The van der Waals surface area contributed by atoms with E-state index >= 15 is 0 Å². The van der Waals surface area contributed by atoms with Gasteiger partial charge in [0.25, 0.3) is 0 Å². The Labute approximate surface area is 201 Å². The maximum absolute atomic E-state index is 6.00. The average Bonchev–Trinajstić information content (AvgIpc) is 3.34. The van der Waals surface area contributed by atoms with Crippen molar-refractivity contribution >= 4 is 27.9 Å². The molecule has 6 aromatic rings. The van der Waals surface area contributed by atoms with Gasteiger partial charge in [0, 0.05) is 28.1 Å². The number of methoxy groups -OCH3 is 1. The second-order valence-corrected chi connectivity index (χ2v) is 7.95. The molecule has 0 saturated carbocycles. The van der Waals surface area contributed by atoms with Crippen LogP contribution in [0.15, 0.2) is 103 Å². The molecule has 2 aromatic heterocycles. The van der Waals surface area contributed by atoms with E-state index in [0.717, 1.165) is 39.3 Å². The number of ether oxygens (including phenoxy) is 2. The number of nitrogens with one attached hydrogen (secondary N) is 1. The normalized spacial score (nSPS) is 11.0. The van der Waals surface area contributed by atoms with Crippen LogP contribution in [0.25, 0.3) is 27.8 Å². The minimum absolute atomic E-state index is 0.651. The highest BCUT2D eigenvalue weighted by Gasteiger charge is 2.16. The van der Waals surface area contributed by atoms with Gasteiger partial charge in [-0.1, -0.05) is 48.5 Å². The number of benzene rings is 4. The molecular weight excluding hydrogens is 438 g/mol. The molecule has 0 amide bonds. The molecule has 170 valence electrons. The van der Waals surface area contributed by atoms with E-state index in [1.807, 2.05) is 103 Å². The Balaban J connectivity index is 1.42. The Bertz CT molecular complexity index is 1630. The largest absolute Gasteiger partial charge is 0.497 e. The van der Waals surface area contributed by atoms with Crippen molar-refractivity contribution in [2.75, 3.05) is 12.4 Å². The van der Waals surface area contributed by atoms with Crippen LogP contribution < -0.4 is 14.8 Å². The van der Waals surface area contributed by atoms with Crippen molar-refractivity contribution in [3.05, 3.63) is 103 Å². The maximum Gasteiger partial charge on any atom is 0.186 e. The SMILES string of the molecule is COc1ccc(-c2nnc3c4ccccc4c(Nc4cccc(Oc5ccccc5)c4)nn23)cc1. The molecule has 7 nitrogen and oxygen atoms in total. The van der Waals surface area contributed by atoms with Gasteiger partial charge >= 0.3 is 0 Å². The predicted molar refractivity (Wildman–Crippen MR) is 137 cm³/mol. The highest BCUT2D eigenvalue weighted by molar-refractivity contribution is 6.01. The quantitative estimate of drug-likeness (QED) is 0.307. The van der Waals surface area contributed by atoms with Gasteiger partial charge < -0.3 is 14.8 Å². The minimum Gasteiger partial charge on any atom is -0.497 e. The Hall–Kier alpha value is -4.91. The fourth-order valence-electron chi connectivity index (χ4n) is 3.99. The lowest BCUT2D eigenvalue weighted by Gasteiger charge is -2.12. The monoisotopic (exact) mass is 459 g/mol. The Morgan fingerprint density at radius 1 is 0.686 bits per heavy atom. The van der Waals surface area contributed by atoms with E-state index in [4.69, 9.17) is 14.6 Å². The van der Waals surface area contributed by atoms with Crippen molar-refractivity contribution in [2.45, 2.75) is 0 Å². The molecule has 0 radical (unpaired) electrons. The number of fused-ring (bicyclic) bond motifs is 3. The van der Waals surface area contributed by atoms with Crippen molar-refractivity contribution in [2.24, 2.45) is 0 Å². The first-order valence-corrected chi connectivity index (χ1v) is 11.2. The van der Waals surface area contributed by atoms with Gasteiger partial charge in [0.2, 0.25) is 0 Å². The number of nitrogens with zero attached hydrogens (tertiary/aromatic N) is 4. The van der Waals surface area contributed by atoms with Crippen LogP contribution in [-0.2, 0) is 0 Å². The number of para-hydroxylation sites is 1. The third-order valence-electron chi connectivity index (χ3n) is 5.69. The summed E-state index contributed by atoms with van der Waals surface area (Å²) in [6.45, 7) is 0. The second-order valence-electron chi connectivity index (χ2n) is 7.95. The summed E-state index contributed by atoms with van der Waals surface area (Å²) < 4.78 is 13.1. The lowest BCUT2D eigenvalue weighted by molar-refractivity contribution is 0.415. The fraction of sp³-hybridized carbons (Fsp3) is 0.0357. The molecule has 0 aliphatic heterocycles. The highest BCUT2D eigenvalue weighted by Crippen LogP contribution is 2.31. The van der Waals surface area contributed by atoms with E-state index in [0.29, 0.717) is 17.3 Å². The van der Waals surface area contributed by atoms with Crippen molar-refractivity contribution < 1.29 is 9.47 Å². The van der Waals surface area contributed by atoms with Gasteiger partial charge in [0.1, 0.15) is 17.2 Å². The average molecular weight is 460 g/mol. The van der Waals surface area contributed by atoms with Crippen LogP contribution >= 0.6 is 0 Å². The van der Waals surface area contributed by atoms with E-state index in [1.54, 1.807) is 11.6 Å².